The number of nitrogens with one attached hydrogen (secondary N) is 1. The number of rotatable bonds is 12. The number of carbonyl (C=O) groups excluding carboxylic acids is 3. The topological polar surface area (TPSA) is 88.2 Å². The first-order valence-electron chi connectivity index (χ1n) is 13.3. The molecule has 0 atom stereocenters. The third-order valence-corrected chi connectivity index (χ3v) is 7.81. The average molecular weight is 560 g/mol. The molecule has 10 heteroatoms. The van der Waals surface area contributed by atoms with Gasteiger partial charge in [-0.2, -0.15) is 0 Å². The Morgan fingerprint density at radius 2 is 1.64 bits per heavy atom. The summed E-state index contributed by atoms with van der Waals surface area (Å²) in [5.74, 6) is 0.310. The summed E-state index contributed by atoms with van der Waals surface area (Å²) in [7, 11) is 2.99. The number of ketones is 1. The molecule has 0 aromatic heterocycles. The lowest BCUT2D eigenvalue weighted by molar-refractivity contribution is -0.133. The van der Waals surface area contributed by atoms with Gasteiger partial charge < -0.3 is 19.7 Å². The number of amides is 3. The lowest BCUT2D eigenvalue weighted by Crippen LogP contribution is -2.55. The number of imide groups is 1. The van der Waals surface area contributed by atoms with Crippen molar-refractivity contribution in [3.05, 3.63) is 58.4 Å². The number of Topliss-reactive ketones (excluding diaryl/α,β-unsaturated/α-hetero) is 1. The summed E-state index contributed by atoms with van der Waals surface area (Å²) in [5, 5.41) is 3.39. The highest BCUT2D eigenvalue weighted by Gasteiger charge is 2.51. The maximum Gasteiger partial charge on any atom is 0.325 e. The second kappa shape index (κ2) is 12.8. The SMILES string of the molecule is COc1cc(Cl)cc(OC)c1C(=O)CCCCN1CCC2(CC1)NC(=O)N(CCCc1ccc(F)cc1)C2=O. The summed E-state index contributed by atoms with van der Waals surface area (Å²) in [6.07, 6.45) is 4.29. The molecule has 0 unspecified atom stereocenters. The molecular weight excluding hydrogens is 525 g/mol. The van der Waals surface area contributed by atoms with Crippen molar-refractivity contribution in [3.63, 3.8) is 0 Å². The molecule has 0 saturated carbocycles. The van der Waals surface area contributed by atoms with Gasteiger partial charge in [0.15, 0.2) is 5.78 Å². The van der Waals surface area contributed by atoms with Crippen LogP contribution in [0.15, 0.2) is 36.4 Å². The smallest absolute Gasteiger partial charge is 0.325 e. The van der Waals surface area contributed by atoms with E-state index in [-0.39, 0.29) is 23.5 Å². The Hall–Kier alpha value is -3.17. The van der Waals surface area contributed by atoms with Crippen LogP contribution in [0.5, 0.6) is 11.5 Å². The van der Waals surface area contributed by atoms with Gasteiger partial charge in [-0.15, -0.1) is 0 Å². The number of piperidine rings is 1. The van der Waals surface area contributed by atoms with Gasteiger partial charge in [0, 0.05) is 31.1 Å². The van der Waals surface area contributed by atoms with Crippen LogP contribution in [0.4, 0.5) is 9.18 Å². The number of ether oxygens (including phenoxy) is 2. The normalized spacial score (nSPS) is 17.0. The van der Waals surface area contributed by atoms with Crippen molar-refractivity contribution in [2.45, 2.75) is 50.5 Å². The Balaban J connectivity index is 1.21. The van der Waals surface area contributed by atoms with Crippen molar-refractivity contribution in [1.29, 1.82) is 0 Å². The van der Waals surface area contributed by atoms with Crippen LogP contribution in [-0.2, 0) is 11.2 Å². The standard InChI is InChI=1S/C29H35ClFN3O5/c1-38-24-18-21(30)19-25(39-2)26(24)23(35)7-3-4-14-33-16-12-29(13-17-33)27(36)34(28(37)32-29)15-5-6-20-8-10-22(31)11-9-20/h8-11,18-19H,3-7,12-17H2,1-2H3,(H,32,37). The first kappa shape index (κ1) is 28.8. The molecule has 1 spiro atoms. The zero-order chi connectivity index (χ0) is 28.0. The predicted octanol–water partition coefficient (Wildman–Crippen LogP) is 4.87. The second-order valence-corrected chi connectivity index (χ2v) is 10.5. The number of aryl methyl sites for hydroxylation is 1. The lowest BCUT2D eigenvalue weighted by Gasteiger charge is -2.37. The van der Waals surface area contributed by atoms with E-state index in [1.165, 1.54) is 31.3 Å². The summed E-state index contributed by atoms with van der Waals surface area (Å²) in [6.45, 7) is 2.54. The van der Waals surface area contributed by atoms with Gasteiger partial charge in [0.25, 0.3) is 5.91 Å². The van der Waals surface area contributed by atoms with E-state index in [0.717, 1.165) is 18.5 Å². The maximum atomic E-state index is 13.2. The highest BCUT2D eigenvalue weighted by atomic mass is 35.5. The molecule has 3 amide bonds. The van der Waals surface area contributed by atoms with Gasteiger partial charge in [0.2, 0.25) is 0 Å². The molecule has 39 heavy (non-hydrogen) atoms. The van der Waals surface area contributed by atoms with Gasteiger partial charge in [-0.05, 0) is 74.9 Å². The molecule has 2 fully saturated rings. The molecule has 1 N–H and O–H groups in total. The Labute approximate surface area is 233 Å². The van der Waals surface area contributed by atoms with Crippen LogP contribution in [0.25, 0.3) is 0 Å². The van der Waals surface area contributed by atoms with E-state index in [1.807, 2.05) is 0 Å². The third-order valence-electron chi connectivity index (χ3n) is 7.59. The van der Waals surface area contributed by atoms with Crippen molar-refractivity contribution in [2.75, 3.05) is 40.4 Å². The first-order chi connectivity index (χ1) is 18.8. The average Bonchev–Trinajstić information content (AvgIpc) is 3.16. The molecule has 2 heterocycles. The largest absolute Gasteiger partial charge is 0.496 e. The van der Waals surface area contributed by atoms with Gasteiger partial charge in [-0.25, -0.2) is 9.18 Å². The van der Waals surface area contributed by atoms with Crippen LogP contribution < -0.4 is 14.8 Å². The van der Waals surface area contributed by atoms with Crippen molar-refractivity contribution in [3.8, 4) is 11.5 Å². The summed E-state index contributed by atoms with van der Waals surface area (Å²) >= 11 is 6.08. The van der Waals surface area contributed by atoms with Crippen LogP contribution in [0.2, 0.25) is 5.02 Å². The van der Waals surface area contributed by atoms with Crippen LogP contribution in [-0.4, -0.2) is 73.5 Å². The number of carbonyl (C=O) groups is 3. The fourth-order valence-corrected chi connectivity index (χ4v) is 5.57. The maximum absolute atomic E-state index is 13.2. The number of hydrogen-bond acceptors (Lipinski definition) is 6. The van der Waals surface area contributed by atoms with Crippen molar-refractivity contribution >= 4 is 29.3 Å². The first-order valence-corrected chi connectivity index (χ1v) is 13.7. The molecule has 0 bridgehead atoms. The zero-order valence-electron chi connectivity index (χ0n) is 22.4. The van der Waals surface area contributed by atoms with Gasteiger partial charge in [-0.3, -0.25) is 14.5 Å². The fraction of sp³-hybridized carbons (Fsp3) is 0.483. The molecule has 2 aromatic rings. The highest BCUT2D eigenvalue weighted by Crippen LogP contribution is 2.34. The molecule has 8 nitrogen and oxygen atoms in total. The van der Waals surface area contributed by atoms with Crippen molar-refractivity contribution < 1.29 is 28.2 Å². The van der Waals surface area contributed by atoms with Gasteiger partial charge in [0.1, 0.15) is 28.4 Å². The van der Waals surface area contributed by atoms with Crippen LogP contribution in [0.1, 0.15) is 54.4 Å². The second-order valence-electron chi connectivity index (χ2n) is 10.1. The minimum Gasteiger partial charge on any atom is -0.496 e. The molecular formula is C29H35ClFN3O5. The minimum absolute atomic E-state index is 0.0586. The summed E-state index contributed by atoms with van der Waals surface area (Å²) in [6, 6.07) is 9.15. The summed E-state index contributed by atoms with van der Waals surface area (Å²) < 4.78 is 23.8. The minimum atomic E-state index is -0.832. The number of hydrogen-bond donors (Lipinski definition) is 1. The van der Waals surface area contributed by atoms with Gasteiger partial charge >= 0.3 is 6.03 Å². The monoisotopic (exact) mass is 559 g/mol. The summed E-state index contributed by atoms with van der Waals surface area (Å²) in [4.78, 5) is 42.3. The highest BCUT2D eigenvalue weighted by molar-refractivity contribution is 6.31. The number of urea groups is 1. The molecule has 4 rings (SSSR count). The Morgan fingerprint density at radius 1 is 1.00 bits per heavy atom. The van der Waals surface area contributed by atoms with E-state index < -0.39 is 5.54 Å². The van der Waals surface area contributed by atoms with Gasteiger partial charge in [-0.1, -0.05) is 23.7 Å². The van der Waals surface area contributed by atoms with E-state index in [1.54, 1.807) is 24.3 Å². The molecule has 0 aliphatic carbocycles. The van der Waals surface area contributed by atoms with Crippen LogP contribution in [0.3, 0.4) is 0 Å². The van der Waals surface area contributed by atoms with Gasteiger partial charge in [0.05, 0.1) is 14.2 Å². The number of halogens is 2. The third kappa shape index (κ3) is 6.70. The van der Waals surface area contributed by atoms with E-state index in [9.17, 15) is 18.8 Å². The van der Waals surface area contributed by atoms with Crippen LogP contribution in [0, 0.1) is 5.82 Å². The number of unbranched alkanes of at least 4 members (excludes halogenated alkanes) is 1. The molecule has 210 valence electrons. The van der Waals surface area contributed by atoms with E-state index >= 15 is 0 Å². The molecule has 2 aliphatic rings. The van der Waals surface area contributed by atoms with Crippen molar-refractivity contribution in [2.24, 2.45) is 0 Å². The predicted molar refractivity (Wildman–Crippen MR) is 146 cm³/mol. The Kier molecular flexibility index (Phi) is 9.45. The lowest BCUT2D eigenvalue weighted by atomic mass is 9.87. The Morgan fingerprint density at radius 3 is 2.26 bits per heavy atom. The summed E-state index contributed by atoms with van der Waals surface area (Å²) in [5.41, 5.74) is 0.544. The van der Waals surface area contributed by atoms with E-state index in [0.29, 0.717) is 80.2 Å². The number of likely N-dealkylation sites (tertiary alicyclic amines) is 1. The van der Waals surface area contributed by atoms with E-state index in [2.05, 4.69) is 10.2 Å². The van der Waals surface area contributed by atoms with E-state index in [4.69, 9.17) is 21.1 Å². The number of methoxy groups -OCH3 is 2. The van der Waals surface area contributed by atoms with Crippen molar-refractivity contribution in [1.82, 2.24) is 15.1 Å². The molecule has 0 radical (unpaired) electrons. The number of benzene rings is 2. The van der Waals surface area contributed by atoms with Crippen LogP contribution >= 0.6 is 11.6 Å². The zero-order valence-corrected chi connectivity index (χ0v) is 23.2. The molecule has 2 saturated heterocycles. The molecule has 2 aromatic carbocycles. The number of nitrogens with zero attached hydrogens (tertiary/aromatic N) is 2. The molecule has 2 aliphatic heterocycles. The Bertz CT molecular complexity index is 1170. The quantitative estimate of drug-likeness (QED) is 0.227. The fourth-order valence-electron chi connectivity index (χ4n) is 5.37.